The summed E-state index contributed by atoms with van der Waals surface area (Å²) in [5.74, 6) is 1.92. The Morgan fingerprint density at radius 1 is 1.05 bits per heavy atom. The van der Waals surface area contributed by atoms with Crippen molar-refractivity contribution in [3.63, 3.8) is 0 Å². The Balaban J connectivity index is 2.06. The maximum absolute atomic E-state index is 4.75. The number of nitrogens with zero attached hydrogens (tertiary/aromatic N) is 1. The molecule has 118 valence electrons. The molecule has 22 heavy (non-hydrogen) atoms. The Morgan fingerprint density at radius 2 is 1.64 bits per heavy atom. The summed E-state index contributed by atoms with van der Waals surface area (Å²) >= 11 is -2.21. The van der Waals surface area contributed by atoms with E-state index in [1.807, 2.05) is 12.3 Å². The van der Waals surface area contributed by atoms with Crippen LogP contribution in [0.5, 0.6) is 0 Å². The van der Waals surface area contributed by atoms with Gasteiger partial charge in [0.25, 0.3) is 0 Å². The first kappa shape index (κ1) is 16.6. The topological polar surface area (TPSA) is 12.9 Å². The third kappa shape index (κ3) is 3.32. The second-order valence-corrected chi connectivity index (χ2v) is 22.7. The zero-order chi connectivity index (χ0) is 15.7. The normalized spacial score (nSPS) is 26.6. The van der Waals surface area contributed by atoms with Crippen LogP contribution in [0.2, 0.25) is 26.5 Å². The standard InChI is InChI=1S/C16H21BN.3CH3.Sn/c1-13(12-16-10-2-3-11-18-16)17-14-6-4-7-15(17)9-5-8-14;;;;/h2-3,10-11,14-15H,4-9H2,1H3;3*1H3;. The van der Waals surface area contributed by atoms with Gasteiger partial charge in [-0.1, -0.05) is 0 Å². The van der Waals surface area contributed by atoms with Gasteiger partial charge in [0.2, 0.25) is 0 Å². The van der Waals surface area contributed by atoms with Crippen LogP contribution in [0.15, 0.2) is 29.9 Å². The summed E-state index contributed by atoms with van der Waals surface area (Å²) in [5.41, 5.74) is 3.02. The summed E-state index contributed by atoms with van der Waals surface area (Å²) in [6.07, 6.45) is 10.8. The molecule has 2 aliphatic heterocycles. The minimum absolute atomic E-state index is 0.857. The molecule has 0 saturated carbocycles. The Morgan fingerprint density at radius 3 is 2.09 bits per heavy atom. The first-order valence-electron chi connectivity index (χ1n) is 9.11. The van der Waals surface area contributed by atoms with Crippen molar-refractivity contribution in [1.29, 1.82) is 0 Å². The van der Waals surface area contributed by atoms with Crippen LogP contribution in [0.1, 0.15) is 51.1 Å². The second kappa shape index (κ2) is 6.70. The predicted molar refractivity (Wildman–Crippen MR) is 101 cm³/mol. The van der Waals surface area contributed by atoms with Gasteiger partial charge >= 0.3 is 141 Å². The van der Waals surface area contributed by atoms with Gasteiger partial charge < -0.3 is 0 Å². The van der Waals surface area contributed by atoms with Gasteiger partial charge in [-0.05, 0) is 0 Å². The van der Waals surface area contributed by atoms with Gasteiger partial charge in [-0.15, -0.1) is 0 Å². The van der Waals surface area contributed by atoms with Crippen molar-refractivity contribution >= 4 is 28.7 Å². The first-order chi connectivity index (χ1) is 10.5. The number of hydrogen-bond acceptors (Lipinski definition) is 1. The molecule has 0 spiro atoms. The third-order valence-corrected chi connectivity index (χ3v) is 12.0. The maximum atomic E-state index is 4.75. The summed E-state index contributed by atoms with van der Waals surface area (Å²) < 4.78 is 1.71. The van der Waals surface area contributed by atoms with Gasteiger partial charge in [0, 0.05) is 0 Å². The van der Waals surface area contributed by atoms with Crippen LogP contribution in [0, 0.1) is 0 Å². The van der Waals surface area contributed by atoms with Crippen molar-refractivity contribution in [3.05, 3.63) is 35.6 Å². The molecule has 1 aromatic rings. The first-order valence-corrected chi connectivity index (χ1v) is 19.1. The van der Waals surface area contributed by atoms with Crippen LogP contribution >= 0.6 is 0 Å². The van der Waals surface area contributed by atoms with Crippen LogP contribution in [0.4, 0.5) is 0 Å². The molecule has 2 bridgehead atoms. The van der Waals surface area contributed by atoms with E-state index in [4.69, 9.17) is 4.98 Å². The molecule has 0 atom stereocenters. The molecule has 0 radical (unpaired) electrons. The summed E-state index contributed by atoms with van der Waals surface area (Å²) in [5, 5.41) is 0. The monoisotopic (exact) mass is 403 g/mol. The van der Waals surface area contributed by atoms with Crippen molar-refractivity contribution in [1.82, 2.24) is 4.98 Å². The summed E-state index contributed by atoms with van der Waals surface area (Å²) in [7, 11) is 0. The van der Waals surface area contributed by atoms with E-state index < -0.39 is 18.4 Å². The molecule has 2 aliphatic rings. The fraction of sp³-hybridized carbons (Fsp3) is 0.632. The fourth-order valence-electron chi connectivity index (χ4n) is 5.24. The predicted octanol–water partition coefficient (Wildman–Crippen LogP) is 5.87. The van der Waals surface area contributed by atoms with Gasteiger partial charge in [0.15, 0.2) is 0 Å². The van der Waals surface area contributed by atoms with E-state index in [2.05, 4.69) is 33.9 Å². The minimum atomic E-state index is -2.21. The van der Waals surface area contributed by atoms with Crippen molar-refractivity contribution < 1.29 is 0 Å². The van der Waals surface area contributed by atoms with E-state index in [0.29, 0.717) is 0 Å². The molecular weight excluding hydrogens is 372 g/mol. The van der Waals surface area contributed by atoms with E-state index in [9.17, 15) is 0 Å². The molecule has 0 amide bonds. The number of rotatable bonds is 3. The average Bonchev–Trinajstić information content (AvgIpc) is 2.46. The summed E-state index contributed by atoms with van der Waals surface area (Å²) in [6, 6.07) is 6.46. The molecule has 3 rings (SSSR count). The van der Waals surface area contributed by atoms with Crippen molar-refractivity contribution in [2.45, 2.75) is 71.9 Å². The van der Waals surface area contributed by atoms with Crippen molar-refractivity contribution in [2.24, 2.45) is 0 Å². The SMILES string of the molecule is C/C(B1C2CCCC1CCC2)=[C](\c1ccccn1)[Sn]([CH3])([CH3])[CH3]. The zero-order valence-electron chi connectivity index (χ0n) is 14.7. The van der Waals surface area contributed by atoms with E-state index >= 15 is 0 Å². The Bertz CT molecular complexity index is 524. The molecule has 0 unspecified atom stereocenters. The molecule has 0 N–H and O–H groups in total. The van der Waals surface area contributed by atoms with Gasteiger partial charge in [-0.25, -0.2) is 0 Å². The van der Waals surface area contributed by atoms with Gasteiger partial charge in [-0.3, -0.25) is 0 Å². The van der Waals surface area contributed by atoms with Crippen LogP contribution in [-0.2, 0) is 0 Å². The average molecular weight is 402 g/mol. The molecule has 1 nitrogen and oxygen atoms in total. The van der Waals surface area contributed by atoms with Crippen LogP contribution in [0.3, 0.4) is 0 Å². The van der Waals surface area contributed by atoms with Gasteiger partial charge in [0.1, 0.15) is 0 Å². The molecule has 0 aromatic carbocycles. The van der Waals surface area contributed by atoms with Crippen molar-refractivity contribution in [2.75, 3.05) is 0 Å². The molecular formula is C19H30BNSn. The zero-order valence-corrected chi connectivity index (χ0v) is 17.6. The molecule has 3 heterocycles. The van der Waals surface area contributed by atoms with E-state index in [0.717, 1.165) is 18.3 Å². The molecule has 2 saturated heterocycles. The Hall–Kier alpha value is -0.246. The number of allylic oxidation sites excluding steroid dienone is 1. The van der Waals surface area contributed by atoms with Crippen LogP contribution < -0.4 is 0 Å². The number of aromatic nitrogens is 1. The Kier molecular flexibility index (Phi) is 5.06. The number of hydrogen-bond donors (Lipinski definition) is 0. The van der Waals surface area contributed by atoms with Crippen LogP contribution in [-0.4, -0.2) is 30.1 Å². The summed E-state index contributed by atoms with van der Waals surface area (Å²) in [4.78, 5) is 12.4. The van der Waals surface area contributed by atoms with Gasteiger partial charge in [-0.2, -0.15) is 0 Å². The number of fused-ring (bicyclic) bond motifs is 2. The third-order valence-electron chi connectivity index (χ3n) is 5.88. The van der Waals surface area contributed by atoms with Crippen LogP contribution in [0.25, 0.3) is 3.59 Å². The quantitative estimate of drug-likeness (QED) is 0.577. The Labute approximate surface area is 140 Å². The van der Waals surface area contributed by atoms with E-state index in [1.54, 1.807) is 9.06 Å². The molecule has 2 fully saturated rings. The van der Waals surface area contributed by atoms with Gasteiger partial charge in [0.05, 0.1) is 0 Å². The molecule has 1 aromatic heterocycles. The second-order valence-electron chi connectivity index (χ2n) is 8.43. The van der Waals surface area contributed by atoms with E-state index in [1.165, 1.54) is 44.2 Å². The summed E-state index contributed by atoms with van der Waals surface area (Å²) in [6.45, 7) is 3.32. The molecule has 0 aliphatic carbocycles. The molecule has 3 heteroatoms. The fourth-order valence-corrected chi connectivity index (χ4v) is 11.7. The number of pyridine rings is 1. The van der Waals surface area contributed by atoms with Crippen molar-refractivity contribution in [3.8, 4) is 0 Å². The van der Waals surface area contributed by atoms with E-state index in [-0.39, 0.29) is 0 Å².